The standard InChI is InChI=1S/C41H30N4O3.Zn/c1-24(2)48-41-36(47)22-21-35(46)40(41)39-33-19-17-31(44-33)37(25-9-5-3-6-10-25)29-15-13-27(42-29)23-28-14-16-30(43-28)38(26-11-7-4-8-12-26)32-18-20-34(39)45-32;/h3-24H,1-2H3,(H2-2,42,43,44,45,46,47);/q-2;+2. The Balaban J connectivity index is 0.00000378. The largest absolute Gasteiger partial charge is 2.00 e. The van der Waals surface area contributed by atoms with Crippen LogP contribution in [-0.2, 0) is 19.5 Å². The predicted octanol–water partition coefficient (Wildman–Crippen LogP) is 9.11. The van der Waals surface area contributed by atoms with Gasteiger partial charge in [0.05, 0.1) is 34.4 Å². The number of aromatic nitrogens is 4. The topological polar surface area (TPSA) is 104 Å². The van der Waals surface area contributed by atoms with Gasteiger partial charge in [0.2, 0.25) is 0 Å². The molecule has 0 unspecified atom stereocenters. The van der Waals surface area contributed by atoms with Gasteiger partial charge in [0, 0.05) is 5.56 Å². The van der Waals surface area contributed by atoms with Crippen molar-refractivity contribution in [2.45, 2.75) is 20.0 Å². The van der Waals surface area contributed by atoms with E-state index < -0.39 is 0 Å². The van der Waals surface area contributed by atoms with Gasteiger partial charge in [0.1, 0.15) is 5.75 Å². The number of rotatable bonds is 5. The smallest absolute Gasteiger partial charge is 0.657 e. The Labute approximate surface area is 296 Å². The van der Waals surface area contributed by atoms with Gasteiger partial charge in [0.15, 0.2) is 11.5 Å². The fourth-order valence-electron chi connectivity index (χ4n) is 6.24. The molecule has 2 N–H and O–H groups in total. The second-order valence-corrected chi connectivity index (χ2v) is 11.9. The first-order valence-corrected chi connectivity index (χ1v) is 15.8. The maximum absolute atomic E-state index is 11.4. The van der Waals surface area contributed by atoms with Gasteiger partial charge in [-0.15, -0.1) is 22.1 Å². The normalized spacial score (nSPS) is 11.9. The Morgan fingerprint density at radius 3 is 1.73 bits per heavy atom. The van der Waals surface area contributed by atoms with E-state index in [0.717, 1.165) is 44.7 Å². The van der Waals surface area contributed by atoms with E-state index in [1.165, 1.54) is 12.1 Å². The molecule has 8 heteroatoms. The summed E-state index contributed by atoms with van der Waals surface area (Å²) >= 11 is 0. The van der Waals surface area contributed by atoms with Crippen molar-refractivity contribution in [1.29, 1.82) is 0 Å². The van der Waals surface area contributed by atoms with Gasteiger partial charge in [-0.05, 0) is 72.5 Å². The number of phenols is 2. The fraction of sp³-hybridized carbons (Fsp3) is 0.0732. The second kappa shape index (κ2) is 13.1. The second-order valence-electron chi connectivity index (χ2n) is 11.9. The minimum absolute atomic E-state index is 0. The van der Waals surface area contributed by atoms with Crippen molar-refractivity contribution >= 4 is 46.4 Å². The Hall–Kier alpha value is -5.72. The molecule has 234 valence electrons. The zero-order valence-electron chi connectivity index (χ0n) is 27.0. The van der Waals surface area contributed by atoms with Crippen molar-refractivity contribution in [1.82, 2.24) is 19.9 Å². The third-order valence-corrected chi connectivity index (χ3v) is 8.28. The maximum atomic E-state index is 11.4. The number of hydrogen-bond acceptors (Lipinski definition) is 5. The van der Waals surface area contributed by atoms with Crippen molar-refractivity contribution in [3.8, 4) is 50.6 Å². The molecular weight excluding hydrogens is 662 g/mol. The van der Waals surface area contributed by atoms with E-state index in [-0.39, 0.29) is 42.8 Å². The van der Waals surface area contributed by atoms with Crippen molar-refractivity contribution in [2.75, 3.05) is 0 Å². The molecule has 0 aliphatic carbocycles. The predicted molar refractivity (Wildman–Crippen MR) is 192 cm³/mol. The molecule has 6 aromatic rings. The number of phenolic OH excluding ortho intramolecular Hbond substituents is 2. The zero-order chi connectivity index (χ0) is 32.8. The minimum atomic E-state index is -0.280. The molecule has 0 radical (unpaired) electrons. The summed E-state index contributed by atoms with van der Waals surface area (Å²) in [7, 11) is 0. The summed E-state index contributed by atoms with van der Waals surface area (Å²) in [5.74, 6) is -0.00832. The molecule has 0 saturated heterocycles. The third kappa shape index (κ3) is 5.96. The first-order valence-electron chi connectivity index (χ1n) is 15.8. The van der Waals surface area contributed by atoms with Crippen molar-refractivity contribution in [2.24, 2.45) is 0 Å². The van der Waals surface area contributed by atoms with Gasteiger partial charge in [-0.2, -0.15) is 0 Å². The van der Waals surface area contributed by atoms with Crippen LogP contribution in [0.15, 0.2) is 103 Å². The Morgan fingerprint density at radius 1 is 0.551 bits per heavy atom. The summed E-state index contributed by atoms with van der Waals surface area (Å²) in [5, 5.41) is 22.5. The van der Waals surface area contributed by atoms with E-state index in [1.54, 1.807) is 0 Å². The summed E-state index contributed by atoms with van der Waals surface area (Å²) in [4.78, 5) is 20.4. The van der Waals surface area contributed by atoms with Gasteiger partial charge < -0.3 is 24.9 Å². The van der Waals surface area contributed by atoms with Crippen LogP contribution in [0.2, 0.25) is 0 Å². The molecule has 8 rings (SSSR count). The molecule has 2 aliphatic heterocycles. The molecule has 7 nitrogen and oxygen atoms in total. The third-order valence-electron chi connectivity index (χ3n) is 8.28. The fourth-order valence-corrected chi connectivity index (χ4v) is 6.24. The zero-order valence-corrected chi connectivity index (χ0v) is 30.0. The van der Waals surface area contributed by atoms with Crippen LogP contribution < -0.4 is 14.7 Å². The Morgan fingerprint density at radius 2 is 1.08 bits per heavy atom. The molecule has 0 saturated carbocycles. The molecule has 0 amide bonds. The molecule has 3 aromatic carbocycles. The monoisotopic (exact) mass is 690 g/mol. The molecule has 3 aromatic heterocycles. The quantitative estimate of drug-likeness (QED) is 0.137. The van der Waals surface area contributed by atoms with Crippen molar-refractivity contribution in [3.63, 3.8) is 0 Å². The van der Waals surface area contributed by atoms with E-state index >= 15 is 0 Å². The van der Waals surface area contributed by atoms with E-state index in [0.29, 0.717) is 33.5 Å². The number of fused-ring (bicyclic) bond motifs is 8. The van der Waals surface area contributed by atoms with E-state index in [1.807, 2.05) is 129 Å². The summed E-state index contributed by atoms with van der Waals surface area (Å²) < 4.78 is 6.14. The van der Waals surface area contributed by atoms with Crippen molar-refractivity contribution < 1.29 is 34.4 Å². The number of hydrogen-bond donors (Lipinski definition) is 2. The first-order chi connectivity index (χ1) is 23.4. The molecule has 5 heterocycles. The average molecular weight is 692 g/mol. The summed E-state index contributed by atoms with van der Waals surface area (Å²) in [6.45, 7) is 3.74. The SMILES string of the molecule is CC(C)Oc1c(O)ccc(O)c1-c1c2nc(c(-c3ccccc3)c3ccc(cc4nc(c(-c5ccccc5)c5ccc1[n-]5)C=C4)[n-]3)C=C2.[Zn+2]. The van der Waals surface area contributed by atoms with E-state index in [4.69, 9.17) is 24.7 Å². The molecule has 0 spiro atoms. The van der Waals surface area contributed by atoms with Gasteiger partial charge in [-0.3, -0.25) is 0 Å². The molecule has 0 fully saturated rings. The Bertz CT molecular complexity index is 2390. The van der Waals surface area contributed by atoms with Gasteiger partial charge in [-0.1, -0.05) is 91.0 Å². The van der Waals surface area contributed by atoms with Crippen LogP contribution in [0, 0.1) is 0 Å². The summed E-state index contributed by atoms with van der Waals surface area (Å²) in [6, 6.07) is 32.8. The van der Waals surface area contributed by atoms with Crippen molar-refractivity contribution in [3.05, 3.63) is 126 Å². The van der Waals surface area contributed by atoms with Gasteiger partial charge >= 0.3 is 19.5 Å². The van der Waals surface area contributed by atoms with E-state index in [2.05, 4.69) is 0 Å². The first kappa shape index (κ1) is 31.9. The van der Waals surface area contributed by atoms with Crippen LogP contribution in [0.4, 0.5) is 0 Å². The molecule has 8 bridgehead atoms. The number of aromatic hydroxyl groups is 2. The van der Waals surface area contributed by atoms with Gasteiger partial charge in [-0.25, -0.2) is 9.97 Å². The molecule has 49 heavy (non-hydrogen) atoms. The van der Waals surface area contributed by atoms with Crippen LogP contribution >= 0.6 is 0 Å². The number of nitrogens with zero attached hydrogens (tertiary/aromatic N) is 4. The van der Waals surface area contributed by atoms with Crippen LogP contribution in [-0.4, -0.2) is 26.3 Å². The maximum Gasteiger partial charge on any atom is 2.00 e. The van der Waals surface area contributed by atoms with Crippen LogP contribution in [0.1, 0.15) is 36.6 Å². The molecular formula is C41H30N4O3Zn. The Kier molecular flexibility index (Phi) is 8.49. The van der Waals surface area contributed by atoms with Crippen LogP contribution in [0.5, 0.6) is 17.2 Å². The van der Waals surface area contributed by atoms with E-state index in [9.17, 15) is 10.2 Å². The number of ether oxygens (including phenoxy) is 1. The van der Waals surface area contributed by atoms with Crippen LogP contribution in [0.3, 0.4) is 0 Å². The summed E-state index contributed by atoms with van der Waals surface area (Å²) in [5.41, 5.74) is 10.1. The van der Waals surface area contributed by atoms with Crippen LogP contribution in [0.25, 0.3) is 79.8 Å². The molecule has 0 atom stereocenters. The van der Waals surface area contributed by atoms with Gasteiger partial charge in [0.25, 0.3) is 0 Å². The molecule has 2 aliphatic rings. The minimum Gasteiger partial charge on any atom is -0.657 e. The number of benzene rings is 3. The summed E-state index contributed by atoms with van der Waals surface area (Å²) in [6.07, 6.45) is 7.56. The average Bonchev–Trinajstić information content (AvgIpc) is 3.92.